The summed E-state index contributed by atoms with van der Waals surface area (Å²) in [7, 11) is 0. The molecular weight excluding hydrogens is 269 g/mol. The summed E-state index contributed by atoms with van der Waals surface area (Å²) in [5.41, 5.74) is -0.00699. The molecule has 1 unspecified atom stereocenters. The summed E-state index contributed by atoms with van der Waals surface area (Å²) in [5, 5.41) is 10.0. The monoisotopic (exact) mass is 284 g/mol. The molecule has 20 heavy (non-hydrogen) atoms. The first kappa shape index (κ1) is 14.6. The van der Waals surface area contributed by atoms with Gasteiger partial charge in [-0.05, 0) is 24.1 Å². The van der Waals surface area contributed by atoms with Crippen molar-refractivity contribution in [3.8, 4) is 0 Å². The minimum atomic E-state index is -1.53. The molecule has 3 nitrogen and oxygen atoms in total. The number of rotatable bonds is 5. The molecule has 2 rings (SSSR count). The summed E-state index contributed by atoms with van der Waals surface area (Å²) >= 11 is 0. The van der Waals surface area contributed by atoms with Gasteiger partial charge in [-0.15, -0.1) is 0 Å². The molecule has 0 saturated heterocycles. The predicted octanol–water partition coefficient (Wildman–Crippen LogP) is 2.99. The second-order valence-electron chi connectivity index (χ2n) is 4.56. The zero-order valence-electron chi connectivity index (χ0n) is 11.0. The fraction of sp³-hybridized carbons (Fsp3) is 0.357. The van der Waals surface area contributed by atoms with Gasteiger partial charge < -0.3 is 9.67 Å². The topological polar surface area (TPSA) is 38.0 Å². The van der Waals surface area contributed by atoms with Crippen LogP contribution < -0.4 is 0 Å². The van der Waals surface area contributed by atoms with E-state index in [1.165, 1.54) is 0 Å². The maximum atomic E-state index is 13.1. The van der Waals surface area contributed by atoms with Gasteiger partial charge in [0.2, 0.25) is 0 Å². The van der Waals surface area contributed by atoms with E-state index in [1.807, 2.05) is 11.5 Å². The maximum absolute atomic E-state index is 13.1. The number of benzene rings is 1. The van der Waals surface area contributed by atoms with Crippen LogP contribution in [-0.4, -0.2) is 14.7 Å². The van der Waals surface area contributed by atoms with E-state index < -0.39 is 23.6 Å². The minimum absolute atomic E-state index is 0.00699. The molecule has 1 aromatic carbocycles. The average Bonchev–Trinajstić information content (AvgIpc) is 2.83. The Balaban J connectivity index is 2.19. The zero-order chi connectivity index (χ0) is 14.7. The van der Waals surface area contributed by atoms with Crippen LogP contribution in [0.15, 0.2) is 24.5 Å². The van der Waals surface area contributed by atoms with Crippen LogP contribution in [0.3, 0.4) is 0 Å². The Labute approximate surface area is 114 Å². The van der Waals surface area contributed by atoms with E-state index >= 15 is 0 Å². The number of hydrogen-bond acceptors (Lipinski definition) is 2. The van der Waals surface area contributed by atoms with Crippen molar-refractivity contribution in [2.24, 2.45) is 0 Å². The fourth-order valence-corrected chi connectivity index (χ4v) is 2.03. The summed E-state index contributed by atoms with van der Waals surface area (Å²) in [6, 6.07) is 1.60. The molecule has 2 aromatic rings. The van der Waals surface area contributed by atoms with E-state index in [4.69, 9.17) is 0 Å². The van der Waals surface area contributed by atoms with Crippen molar-refractivity contribution < 1.29 is 18.3 Å². The summed E-state index contributed by atoms with van der Waals surface area (Å²) in [5.74, 6) is -3.54. The lowest BCUT2D eigenvalue weighted by Crippen LogP contribution is -2.10. The molecular formula is C14H15F3N2O. The van der Waals surface area contributed by atoms with Crippen molar-refractivity contribution in [2.75, 3.05) is 0 Å². The highest BCUT2D eigenvalue weighted by atomic mass is 19.2. The number of aryl methyl sites for hydroxylation is 1. The molecule has 0 amide bonds. The molecule has 1 heterocycles. The van der Waals surface area contributed by atoms with Crippen LogP contribution in [0.25, 0.3) is 0 Å². The Morgan fingerprint density at radius 3 is 2.50 bits per heavy atom. The summed E-state index contributed by atoms with van der Waals surface area (Å²) in [4.78, 5) is 4.10. The van der Waals surface area contributed by atoms with Gasteiger partial charge in [-0.3, -0.25) is 0 Å². The summed E-state index contributed by atoms with van der Waals surface area (Å²) in [6.45, 7) is 2.75. The highest BCUT2D eigenvalue weighted by Gasteiger charge is 2.17. The van der Waals surface area contributed by atoms with E-state index in [1.54, 1.807) is 12.4 Å². The summed E-state index contributed by atoms with van der Waals surface area (Å²) in [6.07, 6.45) is 3.25. The molecule has 0 aliphatic carbocycles. The number of aliphatic hydroxyl groups excluding tert-OH is 1. The molecule has 0 aliphatic heterocycles. The van der Waals surface area contributed by atoms with Crippen LogP contribution in [0.5, 0.6) is 0 Å². The highest BCUT2D eigenvalue weighted by Crippen LogP contribution is 2.22. The lowest BCUT2D eigenvalue weighted by atomic mass is 10.1. The van der Waals surface area contributed by atoms with Crippen LogP contribution in [0, 0.1) is 17.5 Å². The number of imidazole rings is 1. The molecule has 0 bridgehead atoms. The standard InChI is InChI=1S/C14H15F3N2O/c1-2-4-19-5-3-18-13(19)8-12(20)9-6-10(15)14(17)11(16)7-9/h3,5-7,12,20H,2,4,8H2,1H3. The molecule has 0 aliphatic rings. The molecule has 0 saturated carbocycles. The first-order valence-electron chi connectivity index (χ1n) is 6.35. The third-order valence-corrected chi connectivity index (χ3v) is 3.03. The van der Waals surface area contributed by atoms with Crippen LogP contribution in [0.1, 0.15) is 30.8 Å². The molecule has 1 atom stereocenters. The molecule has 0 fully saturated rings. The van der Waals surface area contributed by atoms with Crippen molar-refractivity contribution in [2.45, 2.75) is 32.4 Å². The molecule has 6 heteroatoms. The Hall–Kier alpha value is -1.82. The van der Waals surface area contributed by atoms with Gasteiger partial charge in [-0.1, -0.05) is 6.92 Å². The number of aromatic nitrogens is 2. The van der Waals surface area contributed by atoms with Gasteiger partial charge in [0.1, 0.15) is 5.82 Å². The van der Waals surface area contributed by atoms with Crippen LogP contribution in [-0.2, 0) is 13.0 Å². The second-order valence-corrected chi connectivity index (χ2v) is 4.56. The predicted molar refractivity (Wildman–Crippen MR) is 67.5 cm³/mol. The Kier molecular flexibility index (Phi) is 4.44. The second kappa shape index (κ2) is 6.09. The van der Waals surface area contributed by atoms with Gasteiger partial charge in [0, 0.05) is 25.4 Å². The van der Waals surface area contributed by atoms with Gasteiger partial charge in [0.25, 0.3) is 0 Å². The normalized spacial score (nSPS) is 12.7. The largest absolute Gasteiger partial charge is 0.388 e. The van der Waals surface area contributed by atoms with Gasteiger partial charge >= 0.3 is 0 Å². The quantitative estimate of drug-likeness (QED) is 0.857. The van der Waals surface area contributed by atoms with Gasteiger partial charge in [-0.25, -0.2) is 18.2 Å². The summed E-state index contributed by atoms with van der Waals surface area (Å²) < 4.78 is 41.0. The van der Waals surface area contributed by atoms with Gasteiger partial charge in [0.15, 0.2) is 17.5 Å². The molecule has 0 radical (unpaired) electrons. The van der Waals surface area contributed by atoms with Gasteiger partial charge in [0.05, 0.1) is 6.10 Å². The number of nitrogens with zero attached hydrogens (tertiary/aromatic N) is 2. The molecule has 0 spiro atoms. The Bertz CT molecular complexity index is 575. The average molecular weight is 284 g/mol. The van der Waals surface area contributed by atoms with Crippen LogP contribution >= 0.6 is 0 Å². The van der Waals surface area contributed by atoms with Crippen molar-refractivity contribution in [3.05, 3.63) is 53.4 Å². The van der Waals surface area contributed by atoms with E-state index in [-0.39, 0.29) is 12.0 Å². The SMILES string of the molecule is CCCn1ccnc1CC(O)c1cc(F)c(F)c(F)c1. The van der Waals surface area contributed by atoms with Crippen molar-refractivity contribution in [1.29, 1.82) is 0 Å². The lowest BCUT2D eigenvalue weighted by molar-refractivity contribution is 0.173. The zero-order valence-corrected chi connectivity index (χ0v) is 11.0. The third kappa shape index (κ3) is 3.01. The molecule has 1 N–H and O–H groups in total. The van der Waals surface area contributed by atoms with E-state index in [9.17, 15) is 18.3 Å². The van der Waals surface area contributed by atoms with Gasteiger partial charge in [-0.2, -0.15) is 0 Å². The minimum Gasteiger partial charge on any atom is -0.388 e. The van der Waals surface area contributed by atoms with E-state index in [0.717, 1.165) is 25.1 Å². The first-order chi connectivity index (χ1) is 9.52. The van der Waals surface area contributed by atoms with Crippen molar-refractivity contribution in [3.63, 3.8) is 0 Å². The van der Waals surface area contributed by atoms with Crippen molar-refractivity contribution in [1.82, 2.24) is 9.55 Å². The van der Waals surface area contributed by atoms with Crippen molar-refractivity contribution >= 4 is 0 Å². The lowest BCUT2D eigenvalue weighted by Gasteiger charge is -2.13. The molecule has 1 aromatic heterocycles. The van der Waals surface area contributed by atoms with Crippen LogP contribution in [0.2, 0.25) is 0 Å². The fourth-order valence-electron chi connectivity index (χ4n) is 2.03. The first-order valence-corrected chi connectivity index (χ1v) is 6.35. The highest BCUT2D eigenvalue weighted by molar-refractivity contribution is 5.22. The Morgan fingerprint density at radius 1 is 1.25 bits per heavy atom. The Morgan fingerprint density at radius 2 is 1.90 bits per heavy atom. The number of aliphatic hydroxyl groups is 1. The number of hydrogen-bond donors (Lipinski definition) is 1. The maximum Gasteiger partial charge on any atom is 0.194 e. The smallest absolute Gasteiger partial charge is 0.194 e. The van der Waals surface area contributed by atoms with E-state index in [2.05, 4.69) is 4.98 Å². The third-order valence-electron chi connectivity index (χ3n) is 3.03. The van der Waals surface area contributed by atoms with Crippen LogP contribution in [0.4, 0.5) is 13.2 Å². The molecule has 108 valence electrons. The van der Waals surface area contributed by atoms with E-state index in [0.29, 0.717) is 5.82 Å². The number of halogens is 3.